The Morgan fingerprint density at radius 3 is 1.77 bits per heavy atom. The Morgan fingerprint density at radius 1 is 0.636 bits per heavy atom. The Labute approximate surface area is 259 Å². The van der Waals surface area contributed by atoms with Crippen molar-refractivity contribution in [2.75, 3.05) is 0 Å². The summed E-state index contributed by atoms with van der Waals surface area (Å²) in [5.41, 5.74) is 12.1. The maximum absolute atomic E-state index is 10.5. The first-order chi connectivity index (χ1) is 21.2. The summed E-state index contributed by atoms with van der Waals surface area (Å²) in [5.74, 6) is 0. The summed E-state index contributed by atoms with van der Waals surface area (Å²) in [6.45, 7) is 7.32. The van der Waals surface area contributed by atoms with Crippen LogP contribution in [0.4, 0.5) is 0 Å². The van der Waals surface area contributed by atoms with Crippen LogP contribution in [0.1, 0.15) is 49.9 Å². The van der Waals surface area contributed by atoms with Crippen LogP contribution >= 0.6 is 0 Å². The second-order valence-electron chi connectivity index (χ2n) is 13.0. The van der Waals surface area contributed by atoms with Crippen molar-refractivity contribution < 1.29 is 9.76 Å². The fraction of sp³-hybridized carbons (Fsp3) is 0.175. The van der Waals surface area contributed by atoms with Crippen molar-refractivity contribution in [3.05, 3.63) is 144 Å². The summed E-state index contributed by atoms with van der Waals surface area (Å²) in [6.07, 6.45) is 0. The van der Waals surface area contributed by atoms with Crippen molar-refractivity contribution in [1.29, 1.82) is 0 Å². The molecule has 213 valence electrons. The van der Waals surface area contributed by atoms with Gasteiger partial charge in [-0.15, -0.1) is 0 Å². The van der Waals surface area contributed by atoms with Crippen LogP contribution < -0.4 is 5.46 Å². The van der Waals surface area contributed by atoms with E-state index in [0.717, 1.165) is 22.2 Å². The van der Waals surface area contributed by atoms with Crippen LogP contribution in [0.5, 0.6) is 0 Å². The highest BCUT2D eigenvalue weighted by molar-refractivity contribution is 6.47. The van der Waals surface area contributed by atoms with E-state index in [2.05, 4.69) is 121 Å². The van der Waals surface area contributed by atoms with Gasteiger partial charge in [-0.25, -0.2) is 4.98 Å². The minimum Gasteiger partial charge on any atom is -0.427 e. The van der Waals surface area contributed by atoms with Crippen molar-refractivity contribution >= 4 is 23.8 Å². The highest BCUT2D eigenvalue weighted by Crippen LogP contribution is 2.65. The topological polar surface area (TPSA) is 42.4 Å². The maximum atomic E-state index is 10.5. The summed E-state index contributed by atoms with van der Waals surface area (Å²) < 4.78 is 6.04. The highest BCUT2D eigenvalue weighted by Gasteiger charge is 2.53. The van der Waals surface area contributed by atoms with Crippen molar-refractivity contribution in [2.24, 2.45) is 0 Å². The lowest BCUT2D eigenvalue weighted by Crippen LogP contribution is -2.49. The van der Waals surface area contributed by atoms with Gasteiger partial charge in [-0.05, 0) is 72.7 Å². The summed E-state index contributed by atoms with van der Waals surface area (Å²) in [4.78, 5) is 5.36. The van der Waals surface area contributed by atoms with Crippen LogP contribution in [0.2, 0.25) is 0 Å². The zero-order valence-corrected chi connectivity index (χ0v) is 25.4. The van der Waals surface area contributed by atoms with Gasteiger partial charge in [-0.1, -0.05) is 121 Å². The van der Waals surface area contributed by atoms with Crippen LogP contribution in [0.3, 0.4) is 0 Å². The molecule has 1 aromatic heterocycles. The molecule has 0 aliphatic heterocycles. The smallest absolute Gasteiger partial charge is 0.330 e. The average molecular weight is 571 g/mol. The van der Waals surface area contributed by atoms with E-state index in [1.807, 2.05) is 13.8 Å². The molecule has 1 N–H and O–H groups in total. The fourth-order valence-electron chi connectivity index (χ4n) is 7.11. The van der Waals surface area contributed by atoms with E-state index < -0.39 is 16.6 Å². The Kier molecular flexibility index (Phi) is 5.84. The van der Waals surface area contributed by atoms with Gasteiger partial charge in [0, 0.05) is 16.5 Å². The van der Waals surface area contributed by atoms with E-state index in [-0.39, 0.29) is 0 Å². The Hall–Kier alpha value is -4.51. The van der Waals surface area contributed by atoms with Gasteiger partial charge in [0.1, 0.15) is 0 Å². The molecule has 5 aromatic carbocycles. The predicted octanol–water partition coefficient (Wildman–Crippen LogP) is 8.06. The van der Waals surface area contributed by atoms with Gasteiger partial charge in [-0.2, -0.15) is 0 Å². The second kappa shape index (κ2) is 9.50. The predicted molar refractivity (Wildman–Crippen MR) is 180 cm³/mol. The van der Waals surface area contributed by atoms with E-state index in [0.29, 0.717) is 0 Å². The average Bonchev–Trinajstić information content (AvgIpc) is 3.51. The minimum absolute atomic E-state index is 0.444. The molecule has 0 unspecified atom stereocenters. The number of fused-ring (bicyclic) bond motifs is 12. The SMILES string of the molecule is CC(C)(O)C(C)(C)O[B]c1ccc(-c2nc3ccccc3c3c2-c2ccccc2C32c3ccccc3-c3ccccc32)cc1. The maximum Gasteiger partial charge on any atom is 0.330 e. The zero-order valence-electron chi connectivity index (χ0n) is 25.4. The second-order valence-corrected chi connectivity index (χ2v) is 13.0. The van der Waals surface area contributed by atoms with Crippen LogP contribution in [0, 0.1) is 0 Å². The molecule has 0 atom stereocenters. The summed E-state index contributed by atoms with van der Waals surface area (Å²) in [6, 6.07) is 43.7. The van der Waals surface area contributed by atoms with Gasteiger partial charge >= 0.3 is 7.48 Å². The molecule has 3 nitrogen and oxygen atoms in total. The van der Waals surface area contributed by atoms with Gasteiger partial charge < -0.3 is 9.76 Å². The first-order valence-electron chi connectivity index (χ1n) is 15.3. The minimum atomic E-state index is -0.986. The number of hydrogen-bond donors (Lipinski definition) is 1. The number of aliphatic hydroxyl groups is 1. The molecular weight excluding hydrogens is 537 g/mol. The molecule has 2 aliphatic rings. The third kappa shape index (κ3) is 3.68. The fourth-order valence-corrected chi connectivity index (χ4v) is 7.11. The van der Waals surface area contributed by atoms with Gasteiger partial charge in [0.15, 0.2) is 0 Å². The number of hydrogen-bond acceptors (Lipinski definition) is 3. The molecule has 0 bridgehead atoms. The molecule has 0 saturated heterocycles. The Balaban J connectivity index is 1.38. The highest BCUT2D eigenvalue weighted by atomic mass is 16.5. The largest absolute Gasteiger partial charge is 0.427 e. The van der Waals surface area contributed by atoms with Crippen LogP contribution in [-0.4, -0.2) is 28.8 Å². The van der Waals surface area contributed by atoms with Crippen molar-refractivity contribution in [1.82, 2.24) is 4.98 Å². The molecule has 2 aliphatic carbocycles. The van der Waals surface area contributed by atoms with Crippen LogP contribution in [-0.2, 0) is 10.1 Å². The van der Waals surface area contributed by atoms with E-state index in [4.69, 9.17) is 9.64 Å². The Bertz CT molecular complexity index is 2040. The summed E-state index contributed by atoms with van der Waals surface area (Å²) >= 11 is 0. The van der Waals surface area contributed by atoms with Crippen LogP contribution in [0.25, 0.3) is 44.4 Å². The zero-order chi connectivity index (χ0) is 30.3. The normalized spacial score (nSPS) is 14.3. The van der Waals surface area contributed by atoms with Gasteiger partial charge in [-0.3, -0.25) is 0 Å². The van der Waals surface area contributed by atoms with E-state index in [1.54, 1.807) is 21.3 Å². The molecule has 0 amide bonds. The first kappa shape index (κ1) is 27.1. The van der Waals surface area contributed by atoms with E-state index in [9.17, 15) is 5.11 Å². The molecule has 0 fully saturated rings. The number of rotatable bonds is 5. The quantitative estimate of drug-likeness (QED) is 0.213. The lowest BCUT2D eigenvalue weighted by Gasteiger charge is -2.37. The summed E-state index contributed by atoms with van der Waals surface area (Å²) in [5, 5.41) is 11.7. The third-order valence-electron chi connectivity index (χ3n) is 9.97. The van der Waals surface area contributed by atoms with Crippen LogP contribution in [0.15, 0.2) is 121 Å². The number of para-hydroxylation sites is 1. The van der Waals surface area contributed by atoms with Crippen molar-refractivity contribution in [2.45, 2.75) is 44.3 Å². The van der Waals surface area contributed by atoms with Crippen molar-refractivity contribution in [3.8, 4) is 33.5 Å². The van der Waals surface area contributed by atoms with E-state index >= 15 is 0 Å². The molecular formula is C40H33BNO2. The first-order valence-corrected chi connectivity index (χ1v) is 15.3. The lowest BCUT2D eigenvalue weighted by atomic mass is 9.69. The number of pyridine rings is 1. The molecule has 1 spiro atoms. The molecule has 1 heterocycles. The standard InChI is InChI=1S/C40H33BNO2/c1-38(2,43)39(3,4)44-41-26-23-21-25(22-24-26)37-35-29-15-7-11-19-33(29)40(36(35)30-16-8-12-20-34(30)42-37)31-17-9-5-13-27(31)28-14-6-10-18-32(28)40/h5-24,43H,1-4H3. The molecule has 4 heteroatoms. The molecule has 6 aromatic rings. The Morgan fingerprint density at radius 2 is 1.16 bits per heavy atom. The lowest BCUT2D eigenvalue weighted by molar-refractivity contribution is -0.0893. The molecule has 44 heavy (non-hydrogen) atoms. The van der Waals surface area contributed by atoms with E-state index in [1.165, 1.54) is 49.9 Å². The van der Waals surface area contributed by atoms with Gasteiger partial charge in [0.05, 0.1) is 27.8 Å². The molecule has 8 rings (SSSR count). The monoisotopic (exact) mass is 570 g/mol. The number of aromatic nitrogens is 1. The third-order valence-corrected chi connectivity index (χ3v) is 9.97. The molecule has 0 saturated carbocycles. The van der Waals surface area contributed by atoms with Crippen molar-refractivity contribution in [3.63, 3.8) is 0 Å². The number of nitrogens with zero attached hydrogens (tertiary/aromatic N) is 1. The van der Waals surface area contributed by atoms with Gasteiger partial charge in [0.2, 0.25) is 0 Å². The van der Waals surface area contributed by atoms with Gasteiger partial charge in [0.25, 0.3) is 0 Å². The summed E-state index contributed by atoms with van der Waals surface area (Å²) in [7, 11) is 1.73. The number of benzene rings is 5. The molecule has 1 radical (unpaired) electrons.